The predicted octanol–water partition coefficient (Wildman–Crippen LogP) is 5.64. The molecule has 0 saturated carbocycles. The molecule has 1 amide bonds. The zero-order chi connectivity index (χ0) is 23.3. The number of aromatic hydroxyl groups is 1. The summed E-state index contributed by atoms with van der Waals surface area (Å²) in [5.41, 5.74) is 6.15. The van der Waals surface area contributed by atoms with Crippen LogP contribution in [0.4, 0.5) is 17.1 Å². The van der Waals surface area contributed by atoms with Gasteiger partial charge in [-0.1, -0.05) is 48.5 Å². The van der Waals surface area contributed by atoms with Gasteiger partial charge in [-0.3, -0.25) is 4.79 Å². The third-order valence-electron chi connectivity index (χ3n) is 6.23. The average Bonchev–Trinajstić information content (AvgIpc) is 2.91. The number of piperazine rings is 1. The Morgan fingerprint density at radius 1 is 0.676 bits per heavy atom. The zero-order valence-corrected chi connectivity index (χ0v) is 18.9. The van der Waals surface area contributed by atoms with Crippen LogP contribution in [-0.4, -0.2) is 37.2 Å². The van der Waals surface area contributed by atoms with E-state index in [1.807, 2.05) is 30.3 Å². The molecule has 0 bridgehead atoms. The van der Waals surface area contributed by atoms with Crippen LogP contribution in [-0.2, 0) is 0 Å². The van der Waals surface area contributed by atoms with Gasteiger partial charge < -0.3 is 20.2 Å². The van der Waals surface area contributed by atoms with Gasteiger partial charge in [0.25, 0.3) is 5.91 Å². The van der Waals surface area contributed by atoms with E-state index < -0.39 is 0 Å². The van der Waals surface area contributed by atoms with E-state index in [0.29, 0.717) is 11.3 Å². The lowest BCUT2D eigenvalue weighted by Gasteiger charge is -2.38. The highest BCUT2D eigenvalue weighted by Crippen LogP contribution is 2.31. The highest BCUT2D eigenvalue weighted by molar-refractivity contribution is 6.04. The first-order valence-corrected chi connectivity index (χ1v) is 11.5. The molecule has 0 unspecified atom stereocenters. The SMILES string of the molecule is O=C(Nc1ccc(O)cc1)c1ccc(N2CCN(c3ccccc3-c3ccccc3)CC2)cc1. The van der Waals surface area contributed by atoms with Crippen molar-refractivity contribution in [3.8, 4) is 16.9 Å². The minimum atomic E-state index is -0.167. The molecule has 1 heterocycles. The monoisotopic (exact) mass is 449 g/mol. The lowest BCUT2D eigenvalue weighted by molar-refractivity contribution is 0.102. The zero-order valence-electron chi connectivity index (χ0n) is 18.9. The van der Waals surface area contributed by atoms with Crippen LogP contribution in [0.1, 0.15) is 10.4 Å². The molecular weight excluding hydrogens is 422 g/mol. The minimum absolute atomic E-state index is 0.167. The van der Waals surface area contributed by atoms with Crippen molar-refractivity contribution in [3.05, 3.63) is 109 Å². The second-order valence-corrected chi connectivity index (χ2v) is 8.41. The summed E-state index contributed by atoms with van der Waals surface area (Å²) < 4.78 is 0. The summed E-state index contributed by atoms with van der Waals surface area (Å²) in [5, 5.41) is 12.2. The number of carbonyl (C=O) groups excluding carboxylic acids is 1. The number of nitrogens with one attached hydrogen (secondary N) is 1. The minimum Gasteiger partial charge on any atom is -0.508 e. The summed E-state index contributed by atoms with van der Waals surface area (Å²) in [6, 6.07) is 33.4. The topological polar surface area (TPSA) is 55.8 Å². The number of benzene rings is 4. The molecular formula is C29H27N3O2. The van der Waals surface area contributed by atoms with Crippen molar-refractivity contribution in [2.24, 2.45) is 0 Å². The van der Waals surface area contributed by atoms with Crippen LogP contribution in [0.15, 0.2) is 103 Å². The van der Waals surface area contributed by atoms with E-state index in [2.05, 4.69) is 63.6 Å². The Hall–Kier alpha value is -4.25. The second kappa shape index (κ2) is 9.71. The van der Waals surface area contributed by atoms with Gasteiger partial charge in [0.15, 0.2) is 0 Å². The normalized spacial score (nSPS) is 13.5. The number of hydrogen-bond donors (Lipinski definition) is 2. The van der Waals surface area contributed by atoms with Crippen molar-refractivity contribution in [1.29, 1.82) is 0 Å². The molecule has 5 rings (SSSR count). The lowest BCUT2D eigenvalue weighted by Crippen LogP contribution is -2.46. The molecule has 1 fully saturated rings. The maximum Gasteiger partial charge on any atom is 0.255 e. The maximum absolute atomic E-state index is 12.5. The first-order valence-electron chi connectivity index (χ1n) is 11.5. The fourth-order valence-electron chi connectivity index (χ4n) is 4.39. The van der Waals surface area contributed by atoms with Crippen molar-refractivity contribution >= 4 is 23.0 Å². The van der Waals surface area contributed by atoms with E-state index in [1.54, 1.807) is 24.3 Å². The first-order chi connectivity index (χ1) is 16.7. The van der Waals surface area contributed by atoms with Crippen LogP contribution >= 0.6 is 0 Å². The maximum atomic E-state index is 12.5. The Morgan fingerprint density at radius 2 is 1.29 bits per heavy atom. The van der Waals surface area contributed by atoms with E-state index in [0.717, 1.165) is 31.9 Å². The van der Waals surface area contributed by atoms with Gasteiger partial charge in [0.05, 0.1) is 0 Å². The van der Waals surface area contributed by atoms with E-state index >= 15 is 0 Å². The third kappa shape index (κ3) is 4.74. The molecule has 34 heavy (non-hydrogen) atoms. The highest BCUT2D eigenvalue weighted by Gasteiger charge is 2.20. The molecule has 4 aromatic rings. The Balaban J connectivity index is 1.23. The molecule has 4 aromatic carbocycles. The first kappa shape index (κ1) is 21.6. The van der Waals surface area contributed by atoms with Crippen molar-refractivity contribution in [2.45, 2.75) is 0 Å². The smallest absolute Gasteiger partial charge is 0.255 e. The fraction of sp³-hybridized carbons (Fsp3) is 0.138. The molecule has 2 N–H and O–H groups in total. The summed E-state index contributed by atoms with van der Waals surface area (Å²) in [5.74, 6) is 0.00517. The van der Waals surface area contributed by atoms with Crippen LogP contribution in [0.3, 0.4) is 0 Å². The Morgan fingerprint density at radius 3 is 2.00 bits per heavy atom. The van der Waals surface area contributed by atoms with Crippen molar-refractivity contribution in [3.63, 3.8) is 0 Å². The van der Waals surface area contributed by atoms with E-state index in [-0.39, 0.29) is 11.7 Å². The highest BCUT2D eigenvalue weighted by atomic mass is 16.3. The van der Waals surface area contributed by atoms with Crippen LogP contribution in [0.5, 0.6) is 5.75 Å². The summed E-state index contributed by atoms with van der Waals surface area (Å²) in [6.45, 7) is 3.71. The number of anilines is 3. The van der Waals surface area contributed by atoms with Crippen molar-refractivity contribution in [1.82, 2.24) is 0 Å². The van der Waals surface area contributed by atoms with E-state index in [1.165, 1.54) is 16.8 Å². The third-order valence-corrected chi connectivity index (χ3v) is 6.23. The van der Waals surface area contributed by atoms with Gasteiger partial charge in [0.1, 0.15) is 5.75 Å². The molecule has 1 aliphatic rings. The summed E-state index contributed by atoms with van der Waals surface area (Å²) >= 11 is 0. The molecule has 1 saturated heterocycles. The number of hydrogen-bond acceptors (Lipinski definition) is 4. The van der Waals surface area contributed by atoms with Gasteiger partial charge in [-0.25, -0.2) is 0 Å². The van der Waals surface area contributed by atoms with Crippen LogP contribution in [0.2, 0.25) is 0 Å². The van der Waals surface area contributed by atoms with Gasteiger partial charge >= 0.3 is 0 Å². The molecule has 0 atom stereocenters. The molecule has 170 valence electrons. The van der Waals surface area contributed by atoms with Crippen LogP contribution in [0, 0.1) is 0 Å². The molecule has 0 spiro atoms. The molecule has 0 radical (unpaired) electrons. The van der Waals surface area contributed by atoms with Gasteiger partial charge in [-0.2, -0.15) is 0 Å². The summed E-state index contributed by atoms with van der Waals surface area (Å²) in [4.78, 5) is 17.4. The average molecular weight is 450 g/mol. The molecule has 5 nitrogen and oxygen atoms in total. The van der Waals surface area contributed by atoms with Crippen molar-refractivity contribution < 1.29 is 9.90 Å². The van der Waals surface area contributed by atoms with Gasteiger partial charge in [-0.05, 0) is 60.2 Å². The summed E-state index contributed by atoms with van der Waals surface area (Å²) in [6.07, 6.45) is 0. The number of carbonyl (C=O) groups is 1. The fourth-order valence-corrected chi connectivity index (χ4v) is 4.39. The predicted molar refractivity (Wildman–Crippen MR) is 139 cm³/mol. The number of phenols is 1. The van der Waals surface area contributed by atoms with Gasteiger partial charge in [-0.15, -0.1) is 0 Å². The number of amides is 1. The Kier molecular flexibility index (Phi) is 6.17. The Bertz CT molecular complexity index is 1250. The molecule has 0 aromatic heterocycles. The van der Waals surface area contributed by atoms with Crippen LogP contribution < -0.4 is 15.1 Å². The largest absolute Gasteiger partial charge is 0.508 e. The van der Waals surface area contributed by atoms with E-state index in [9.17, 15) is 9.90 Å². The quantitative estimate of drug-likeness (QED) is 0.387. The van der Waals surface area contributed by atoms with Gasteiger partial charge in [0, 0.05) is 54.4 Å². The molecule has 1 aliphatic heterocycles. The number of rotatable bonds is 5. The summed E-state index contributed by atoms with van der Waals surface area (Å²) in [7, 11) is 0. The van der Waals surface area contributed by atoms with E-state index in [4.69, 9.17) is 0 Å². The Labute approximate surface area is 199 Å². The van der Waals surface area contributed by atoms with Crippen LogP contribution in [0.25, 0.3) is 11.1 Å². The van der Waals surface area contributed by atoms with Gasteiger partial charge in [0.2, 0.25) is 0 Å². The second-order valence-electron chi connectivity index (χ2n) is 8.41. The number of phenolic OH excluding ortho intramolecular Hbond substituents is 1. The standard InChI is InChI=1S/C29H27N3O2/c33-26-16-12-24(13-17-26)30-29(34)23-10-14-25(15-11-23)31-18-20-32(21-19-31)28-9-5-4-8-27(28)22-6-2-1-3-7-22/h1-17,33H,18-21H2,(H,30,34). The van der Waals surface area contributed by atoms with Crippen molar-refractivity contribution in [2.75, 3.05) is 41.3 Å². The lowest BCUT2D eigenvalue weighted by atomic mass is 10.0. The molecule has 0 aliphatic carbocycles. The number of para-hydroxylation sites is 1. The number of nitrogens with zero attached hydrogens (tertiary/aromatic N) is 2. The molecule has 5 heteroatoms.